The molecule has 1 atom stereocenters. The van der Waals surface area contributed by atoms with E-state index >= 15 is 0 Å². The van der Waals surface area contributed by atoms with Crippen LogP contribution in [-0.4, -0.2) is 33.4 Å². The van der Waals surface area contributed by atoms with Crippen LogP contribution < -0.4 is 10.2 Å². The predicted molar refractivity (Wildman–Crippen MR) is 117 cm³/mol. The largest absolute Gasteiger partial charge is 0.479 e. The molecule has 0 amide bonds. The highest BCUT2D eigenvalue weighted by atomic mass is 32.2. The second kappa shape index (κ2) is 7.04. The third-order valence-corrected chi connectivity index (χ3v) is 7.26. The van der Waals surface area contributed by atoms with E-state index in [1.807, 2.05) is 35.3 Å². The molecule has 144 valence electrons. The van der Waals surface area contributed by atoms with E-state index in [9.17, 15) is 0 Å². The van der Waals surface area contributed by atoms with Crippen molar-refractivity contribution in [1.29, 1.82) is 0 Å². The SMILES string of the molecule is Cn1nc2cc1CSc1cc(c3ccccc3c1)OC1(C)CNN=C1CSC2. The van der Waals surface area contributed by atoms with Gasteiger partial charge in [0.1, 0.15) is 5.75 Å². The van der Waals surface area contributed by atoms with E-state index < -0.39 is 5.60 Å². The Morgan fingerprint density at radius 3 is 2.96 bits per heavy atom. The van der Waals surface area contributed by atoms with Gasteiger partial charge in [-0.3, -0.25) is 4.68 Å². The van der Waals surface area contributed by atoms with Gasteiger partial charge in [-0.1, -0.05) is 24.3 Å². The van der Waals surface area contributed by atoms with Gasteiger partial charge in [-0.25, -0.2) is 0 Å². The highest BCUT2D eigenvalue weighted by molar-refractivity contribution is 7.99. The van der Waals surface area contributed by atoms with Gasteiger partial charge < -0.3 is 10.2 Å². The summed E-state index contributed by atoms with van der Waals surface area (Å²) in [7, 11) is 2.03. The van der Waals surface area contributed by atoms with Gasteiger partial charge in [-0.05, 0) is 30.5 Å². The minimum atomic E-state index is -0.446. The van der Waals surface area contributed by atoms with Crippen molar-refractivity contribution < 1.29 is 4.74 Å². The molecule has 0 fully saturated rings. The monoisotopic (exact) mass is 410 g/mol. The number of thioether (sulfide) groups is 2. The molecule has 2 aliphatic rings. The lowest BCUT2D eigenvalue weighted by Gasteiger charge is -2.27. The van der Waals surface area contributed by atoms with Crippen molar-refractivity contribution in [2.24, 2.45) is 12.1 Å². The van der Waals surface area contributed by atoms with E-state index in [-0.39, 0.29) is 0 Å². The molecule has 3 aromatic rings. The average molecular weight is 411 g/mol. The second-order valence-electron chi connectivity index (χ2n) is 7.40. The van der Waals surface area contributed by atoms with E-state index in [1.54, 1.807) is 0 Å². The zero-order chi connectivity index (χ0) is 19.1. The summed E-state index contributed by atoms with van der Waals surface area (Å²) in [6, 6.07) is 15.1. The van der Waals surface area contributed by atoms with Crippen molar-refractivity contribution in [3.8, 4) is 5.75 Å². The van der Waals surface area contributed by atoms with Gasteiger partial charge in [0.15, 0.2) is 5.60 Å². The third-order valence-electron chi connectivity index (χ3n) is 5.28. The van der Waals surface area contributed by atoms with Crippen LogP contribution in [0.15, 0.2) is 52.5 Å². The van der Waals surface area contributed by atoms with Crippen LogP contribution in [0.3, 0.4) is 0 Å². The van der Waals surface area contributed by atoms with Crippen molar-refractivity contribution in [3.05, 3.63) is 53.9 Å². The number of nitrogens with zero attached hydrogens (tertiary/aromatic N) is 3. The molecule has 5 nitrogen and oxygen atoms in total. The number of fused-ring (bicyclic) bond motifs is 7. The zero-order valence-corrected chi connectivity index (χ0v) is 17.6. The second-order valence-corrected chi connectivity index (χ2v) is 9.44. The maximum atomic E-state index is 6.64. The predicted octanol–water partition coefficient (Wildman–Crippen LogP) is 4.21. The van der Waals surface area contributed by atoms with Gasteiger partial charge >= 0.3 is 0 Å². The first-order valence-electron chi connectivity index (χ1n) is 9.35. The summed E-state index contributed by atoms with van der Waals surface area (Å²) >= 11 is 3.66. The smallest absolute Gasteiger partial charge is 0.165 e. The van der Waals surface area contributed by atoms with Crippen LogP contribution in [0.2, 0.25) is 0 Å². The maximum Gasteiger partial charge on any atom is 0.165 e. The molecule has 1 unspecified atom stereocenters. The van der Waals surface area contributed by atoms with Crippen LogP contribution in [-0.2, 0) is 18.6 Å². The Bertz CT molecular complexity index is 1080. The lowest BCUT2D eigenvalue weighted by Crippen LogP contribution is -2.44. The Morgan fingerprint density at radius 1 is 1.14 bits per heavy atom. The van der Waals surface area contributed by atoms with Crippen LogP contribution in [0.1, 0.15) is 18.3 Å². The van der Waals surface area contributed by atoms with Crippen LogP contribution in [0, 0.1) is 0 Å². The van der Waals surface area contributed by atoms with E-state index in [0.29, 0.717) is 6.54 Å². The molecular formula is C21H22N4OS2. The number of rotatable bonds is 0. The topological polar surface area (TPSA) is 51.4 Å². The van der Waals surface area contributed by atoms with Crippen molar-refractivity contribution >= 4 is 40.0 Å². The molecule has 0 saturated heterocycles. The molecule has 1 aromatic heterocycles. The molecule has 0 radical (unpaired) electrons. The molecule has 7 heteroatoms. The Hall–Kier alpha value is -2.12. The molecule has 0 saturated carbocycles. The fraction of sp³-hybridized carbons (Fsp3) is 0.333. The van der Waals surface area contributed by atoms with Gasteiger partial charge in [0.25, 0.3) is 0 Å². The number of benzene rings is 2. The number of hydrogen-bond donors (Lipinski definition) is 1. The Morgan fingerprint density at radius 2 is 2.04 bits per heavy atom. The molecule has 3 heterocycles. The first-order valence-corrected chi connectivity index (χ1v) is 11.5. The summed E-state index contributed by atoms with van der Waals surface area (Å²) in [4.78, 5) is 1.20. The number of hydrazone groups is 1. The highest BCUT2D eigenvalue weighted by Gasteiger charge is 2.37. The van der Waals surface area contributed by atoms with Gasteiger partial charge in [0, 0.05) is 40.3 Å². The van der Waals surface area contributed by atoms with Crippen LogP contribution >= 0.6 is 23.5 Å². The van der Waals surface area contributed by atoms with Crippen LogP contribution in [0.4, 0.5) is 0 Å². The minimum Gasteiger partial charge on any atom is -0.479 e. The lowest BCUT2D eigenvalue weighted by molar-refractivity contribution is 0.173. The van der Waals surface area contributed by atoms with Crippen molar-refractivity contribution in [3.63, 3.8) is 0 Å². The summed E-state index contributed by atoms with van der Waals surface area (Å²) in [5, 5.41) is 11.6. The molecule has 2 aromatic carbocycles. The number of aromatic nitrogens is 2. The number of aryl methyl sites for hydroxylation is 1. The Kier molecular flexibility index (Phi) is 4.51. The zero-order valence-electron chi connectivity index (χ0n) is 15.9. The molecule has 2 aliphatic heterocycles. The van der Waals surface area contributed by atoms with Gasteiger partial charge in [0.05, 0.1) is 18.0 Å². The van der Waals surface area contributed by atoms with E-state index in [0.717, 1.165) is 39.8 Å². The molecular weight excluding hydrogens is 388 g/mol. The Balaban J connectivity index is 1.61. The average Bonchev–Trinajstić information content (AvgIpc) is 3.22. The summed E-state index contributed by atoms with van der Waals surface area (Å²) < 4.78 is 8.64. The fourth-order valence-electron chi connectivity index (χ4n) is 3.63. The van der Waals surface area contributed by atoms with Gasteiger partial charge in [-0.2, -0.15) is 10.2 Å². The molecule has 4 bridgehead atoms. The minimum absolute atomic E-state index is 0.446. The van der Waals surface area contributed by atoms with Gasteiger partial charge in [0.2, 0.25) is 0 Å². The first kappa shape index (κ1) is 17.9. The van der Waals surface area contributed by atoms with E-state index in [2.05, 4.69) is 65.0 Å². The number of ether oxygens (including phenoxy) is 1. The summed E-state index contributed by atoms with van der Waals surface area (Å²) in [5.74, 6) is 3.51. The van der Waals surface area contributed by atoms with Crippen LogP contribution in [0.5, 0.6) is 5.75 Å². The summed E-state index contributed by atoms with van der Waals surface area (Å²) in [6.45, 7) is 2.81. The molecule has 28 heavy (non-hydrogen) atoms. The van der Waals surface area contributed by atoms with Crippen molar-refractivity contribution in [1.82, 2.24) is 15.2 Å². The molecule has 5 rings (SSSR count). The summed E-state index contributed by atoms with van der Waals surface area (Å²) in [6.07, 6.45) is 0. The van der Waals surface area contributed by atoms with E-state index in [1.165, 1.54) is 16.0 Å². The fourth-order valence-corrected chi connectivity index (χ4v) is 5.63. The normalized spacial score (nSPS) is 22.0. The highest BCUT2D eigenvalue weighted by Crippen LogP contribution is 2.36. The third kappa shape index (κ3) is 3.26. The van der Waals surface area contributed by atoms with Gasteiger partial charge in [-0.15, -0.1) is 23.5 Å². The van der Waals surface area contributed by atoms with Crippen molar-refractivity contribution in [2.75, 3.05) is 12.3 Å². The number of hydrogen-bond acceptors (Lipinski definition) is 6. The number of nitrogens with one attached hydrogen (secondary N) is 1. The molecule has 0 spiro atoms. The van der Waals surface area contributed by atoms with E-state index in [4.69, 9.17) is 4.74 Å². The maximum absolute atomic E-state index is 6.64. The first-order chi connectivity index (χ1) is 13.6. The lowest BCUT2D eigenvalue weighted by atomic mass is 10.0. The molecule has 1 N–H and O–H groups in total. The van der Waals surface area contributed by atoms with Crippen LogP contribution in [0.25, 0.3) is 10.8 Å². The standard InChI is InChI=1S/C21H22N4OS2/c1-21-13-22-23-20(21)12-27-10-15-8-16(25(2)24-15)11-28-17-7-14-5-3-4-6-18(14)19(9-17)26-21/h3-9,22H,10-13H2,1-2H3. The molecule has 0 aliphatic carbocycles. The summed E-state index contributed by atoms with van der Waals surface area (Å²) in [5.41, 5.74) is 6.10. The Labute approximate surface area is 172 Å². The quantitative estimate of drug-likeness (QED) is 0.602. The van der Waals surface area contributed by atoms with Crippen molar-refractivity contribution in [2.45, 2.75) is 28.9 Å².